The average Bonchev–Trinajstić information content (AvgIpc) is 3.33. The summed E-state index contributed by atoms with van der Waals surface area (Å²) < 4.78 is 33.7. The Balaban J connectivity index is 1.71. The van der Waals surface area contributed by atoms with Crippen molar-refractivity contribution in [2.24, 2.45) is 14.1 Å². The van der Waals surface area contributed by atoms with Crippen molar-refractivity contribution in [3.63, 3.8) is 0 Å². The van der Waals surface area contributed by atoms with Gasteiger partial charge in [0.05, 0.1) is 27.7 Å². The highest BCUT2D eigenvalue weighted by molar-refractivity contribution is 6.00. The Morgan fingerprint density at radius 1 is 1.11 bits per heavy atom. The van der Waals surface area contributed by atoms with Crippen molar-refractivity contribution in [3.05, 3.63) is 77.9 Å². The number of benzene rings is 2. The number of halogens is 2. The molecule has 0 atom stereocenters. The van der Waals surface area contributed by atoms with Crippen LogP contribution in [0.5, 0.6) is 0 Å². The maximum atomic E-state index is 15.3. The summed E-state index contributed by atoms with van der Waals surface area (Å²) >= 11 is 0. The monoisotopic (exact) mass is 497 g/mol. The number of nitrogens with two attached hydrogens (primary N) is 1. The summed E-state index contributed by atoms with van der Waals surface area (Å²) in [6.45, 7) is 5.15. The van der Waals surface area contributed by atoms with E-state index < -0.39 is 17.2 Å². The zero-order valence-electron chi connectivity index (χ0n) is 20.2. The van der Waals surface area contributed by atoms with E-state index in [4.69, 9.17) is 5.73 Å². The van der Waals surface area contributed by atoms with Crippen LogP contribution in [0.15, 0.2) is 49.3 Å². The molecule has 10 heteroatoms. The molecular formula is C27H21F2N7O. The molecule has 2 aromatic carbocycles. The van der Waals surface area contributed by atoms with Crippen LogP contribution in [0.1, 0.15) is 17.0 Å². The first-order valence-corrected chi connectivity index (χ1v) is 11.2. The summed E-state index contributed by atoms with van der Waals surface area (Å²) in [5, 5.41) is 3.15. The molecule has 184 valence electrons. The summed E-state index contributed by atoms with van der Waals surface area (Å²) in [6.07, 6.45) is 2.51. The number of imidazole rings is 1. The van der Waals surface area contributed by atoms with Gasteiger partial charge >= 0.3 is 0 Å². The third-order valence-corrected chi connectivity index (χ3v) is 6.21. The van der Waals surface area contributed by atoms with Crippen LogP contribution < -0.4 is 11.1 Å². The zero-order valence-corrected chi connectivity index (χ0v) is 20.2. The molecule has 0 aliphatic carbocycles. The minimum atomic E-state index is -0.834. The Kier molecular flexibility index (Phi) is 5.68. The standard InChI is InChI=1S/C27H21F2N7O/c1-5-21(37)34-16-8-6-15(7-9-16)25-18(22-26(30)31-13-32-27(22)36(25)4)11-10-17-19(28)12-20-24(23(17)29)33-14(2)35(20)3/h5-9,12-13H,1H2,2-4H3,(H,34,37)(H2,30,31,32). The van der Waals surface area contributed by atoms with Crippen molar-refractivity contribution in [1.29, 1.82) is 0 Å². The number of carbonyl (C=O) groups is 1. The quantitative estimate of drug-likeness (QED) is 0.287. The van der Waals surface area contributed by atoms with Crippen molar-refractivity contribution in [2.75, 3.05) is 11.1 Å². The summed E-state index contributed by atoms with van der Waals surface area (Å²) in [5.74, 6) is 4.36. The van der Waals surface area contributed by atoms with Crippen LogP contribution >= 0.6 is 0 Å². The number of carbonyl (C=O) groups excluding carboxylic acids is 1. The number of nitrogen functional groups attached to an aromatic ring is 1. The van der Waals surface area contributed by atoms with Crippen LogP contribution in [-0.2, 0) is 18.9 Å². The molecule has 0 aliphatic heterocycles. The SMILES string of the molecule is C=CC(=O)Nc1ccc(-c2c(C#Cc3c(F)cc4c(nc(C)n4C)c3F)c3c(N)ncnc3n2C)cc1. The Morgan fingerprint density at radius 2 is 1.81 bits per heavy atom. The van der Waals surface area contributed by atoms with Gasteiger partial charge in [0.1, 0.15) is 35.0 Å². The van der Waals surface area contributed by atoms with Gasteiger partial charge in [-0.15, -0.1) is 0 Å². The topological polar surface area (TPSA) is 104 Å². The van der Waals surface area contributed by atoms with E-state index in [1.54, 1.807) is 54.4 Å². The number of rotatable bonds is 3. The Labute approximate surface area is 210 Å². The first kappa shape index (κ1) is 23.7. The molecule has 37 heavy (non-hydrogen) atoms. The number of nitrogens with one attached hydrogen (secondary N) is 1. The van der Waals surface area contributed by atoms with Gasteiger partial charge in [0.25, 0.3) is 0 Å². The largest absolute Gasteiger partial charge is 0.383 e. The summed E-state index contributed by atoms with van der Waals surface area (Å²) in [6, 6.07) is 8.23. The third-order valence-electron chi connectivity index (χ3n) is 6.21. The molecular weight excluding hydrogens is 476 g/mol. The molecule has 0 fully saturated rings. The first-order chi connectivity index (χ1) is 17.7. The molecule has 0 unspecified atom stereocenters. The van der Waals surface area contributed by atoms with Crippen molar-refractivity contribution >= 4 is 39.5 Å². The van der Waals surface area contributed by atoms with E-state index in [0.717, 1.165) is 5.56 Å². The van der Waals surface area contributed by atoms with Gasteiger partial charge in [0.15, 0.2) is 5.82 Å². The highest BCUT2D eigenvalue weighted by atomic mass is 19.1. The van der Waals surface area contributed by atoms with E-state index in [1.165, 1.54) is 18.5 Å². The number of amides is 1. The lowest BCUT2D eigenvalue weighted by Gasteiger charge is -2.07. The van der Waals surface area contributed by atoms with E-state index in [2.05, 4.69) is 38.7 Å². The maximum Gasteiger partial charge on any atom is 0.247 e. The Bertz CT molecular complexity index is 1800. The van der Waals surface area contributed by atoms with Gasteiger partial charge in [-0.1, -0.05) is 30.6 Å². The molecule has 0 aliphatic rings. The van der Waals surface area contributed by atoms with Crippen LogP contribution in [-0.4, -0.2) is 30.0 Å². The molecule has 0 bridgehead atoms. The highest BCUT2D eigenvalue weighted by Crippen LogP contribution is 2.34. The smallest absolute Gasteiger partial charge is 0.247 e. The minimum absolute atomic E-state index is 0.0452. The van der Waals surface area contributed by atoms with Crippen LogP contribution in [0.2, 0.25) is 0 Å². The molecule has 0 spiro atoms. The highest BCUT2D eigenvalue weighted by Gasteiger charge is 2.21. The van der Waals surface area contributed by atoms with Crippen LogP contribution in [0, 0.1) is 30.4 Å². The molecule has 0 radical (unpaired) electrons. The predicted octanol–water partition coefficient (Wildman–Crippen LogP) is 4.22. The Morgan fingerprint density at radius 3 is 2.51 bits per heavy atom. The van der Waals surface area contributed by atoms with Gasteiger partial charge < -0.3 is 20.2 Å². The maximum absolute atomic E-state index is 15.3. The summed E-state index contributed by atoms with van der Waals surface area (Å²) in [5.41, 5.74) is 9.00. The molecule has 3 N–H and O–H groups in total. The van der Waals surface area contributed by atoms with Gasteiger partial charge in [0.2, 0.25) is 5.91 Å². The number of fused-ring (bicyclic) bond motifs is 2. The number of hydrogen-bond acceptors (Lipinski definition) is 5. The molecule has 5 aromatic rings. The predicted molar refractivity (Wildman–Crippen MR) is 139 cm³/mol. The van der Waals surface area contributed by atoms with Crippen molar-refractivity contribution in [3.8, 4) is 23.1 Å². The number of anilines is 2. The van der Waals surface area contributed by atoms with Crippen molar-refractivity contribution in [2.45, 2.75) is 6.92 Å². The fraction of sp³-hybridized carbons (Fsp3) is 0.111. The molecule has 3 heterocycles. The lowest BCUT2D eigenvalue weighted by molar-refractivity contribution is -0.111. The fourth-order valence-electron chi connectivity index (χ4n) is 4.25. The lowest BCUT2D eigenvalue weighted by Crippen LogP contribution is -2.06. The van der Waals surface area contributed by atoms with Crippen molar-refractivity contribution in [1.82, 2.24) is 24.1 Å². The summed E-state index contributed by atoms with van der Waals surface area (Å²) in [7, 11) is 3.47. The third kappa shape index (κ3) is 3.87. The van der Waals surface area contributed by atoms with E-state index in [0.29, 0.717) is 39.3 Å². The number of aryl methyl sites for hydroxylation is 3. The molecule has 8 nitrogen and oxygen atoms in total. The second-order valence-electron chi connectivity index (χ2n) is 8.39. The van der Waals surface area contributed by atoms with E-state index in [9.17, 15) is 9.18 Å². The number of aromatic nitrogens is 5. The minimum Gasteiger partial charge on any atom is -0.383 e. The second kappa shape index (κ2) is 8.87. The molecule has 0 saturated carbocycles. The average molecular weight is 498 g/mol. The van der Waals surface area contributed by atoms with Gasteiger partial charge in [0, 0.05) is 25.8 Å². The van der Waals surface area contributed by atoms with Crippen LogP contribution in [0.3, 0.4) is 0 Å². The number of hydrogen-bond donors (Lipinski definition) is 2. The lowest BCUT2D eigenvalue weighted by atomic mass is 10.0. The second-order valence-corrected chi connectivity index (χ2v) is 8.39. The van der Waals surface area contributed by atoms with Crippen LogP contribution in [0.4, 0.5) is 20.3 Å². The molecule has 1 amide bonds. The van der Waals surface area contributed by atoms with Gasteiger partial charge in [-0.25, -0.2) is 23.7 Å². The Hall–Kier alpha value is -5.04. The molecule has 0 saturated heterocycles. The van der Waals surface area contributed by atoms with Gasteiger partial charge in [-0.05, 0) is 30.7 Å². The number of nitrogens with zero attached hydrogens (tertiary/aromatic N) is 5. The molecule has 5 rings (SSSR count). The fourth-order valence-corrected chi connectivity index (χ4v) is 4.25. The van der Waals surface area contributed by atoms with Crippen molar-refractivity contribution < 1.29 is 13.6 Å². The van der Waals surface area contributed by atoms with Gasteiger partial charge in [-0.2, -0.15) is 0 Å². The van der Waals surface area contributed by atoms with Crippen LogP contribution in [0.25, 0.3) is 33.3 Å². The van der Waals surface area contributed by atoms with E-state index in [1.807, 2.05) is 0 Å². The molecule has 3 aromatic heterocycles. The normalized spacial score (nSPS) is 10.9. The zero-order chi connectivity index (χ0) is 26.4. The van der Waals surface area contributed by atoms with E-state index in [-0.39, 0.29) is 17.2 Å². The van der Waals surface area contributed by atoms with Gasteiger partial charge in [-0.3, -0.25) is 4.79 Å². The van der Waals surface area contributed by atoms with E-state index >= 15 is 4.39 Å². The summed E-state index contributed by atoms with van der Waals surface area (Å²) in [4.78, 5) is 24.3. The first-order valence-electron chi connectivity index (χ1n) is 11.2.